The molecular weight excluding hydrogens is 179 g/mol. The van der Waals surface area contributed by atoms with Gasteiger partial charge in [-0.2, -0.15) is 0 Å². The van der Waals surface area contributed by atoms with Crippen LogP contribution in [0, 0.1) is 0 Å². The third kappa shape index (κ3) is 62.4. The average molecular weight is 179 g/mol. The molecule has 0 amide bonds. The third-order valence-electron chi connectivity index (χ3n) is 0. The van der Waals surface area contributed by atoms with E-state index in [1.54, 1.807) is 0 Å². The third-order valence-corrected chi connectivity index (χ3v) is 0. The minimum absolute atomic E-state index is 0. The van der Waals surface area contributed by atoms with Crippen molar-refractivity contribution in [2.24, 2.45) is 0 Å². The van der Waals surface area contributed by atoms with Gasteiger partial charge in [0.15, 0.2) is 0 Å². The summed E-state index contributed by atoms with van der Waals surface area (Å²) in [5.74, 6) is 0. The standard InChI is InChI=1S/Ca.Mg.Na.O4Si/c;;;1-5(2,3)4/q2*+2;+1;-4. The monoisotopic (exact) mass is 179 g/mol. The van der Waals surface area contributed by atoms with Crippen molar-refractivity contribution >= 4 is 69.8 Å². The van der Waals surface area contributed by atoms with Gasteiger partial charge in [0.05, 0.1) is 0 Å². The molecule has 0 radical (unpaired) electrons. The zero-order valence-electron chi connectivity index (χ0n) is 4.55. The molecule has 0 spiro atoms. The van der Waals surface area contributed by atoms with Gasteiger partial charge in [-0.25, -0.2) is 0 Å². The molecule has 0 aliphatic rings. The molecule has 0 saturated carbocycles. The topological polar surface area (TPSA) is 92.2 Å². The molecule has 0 fully saturated rings. The van der Waals surface area contributed by atoms with Gasteiger partial charge in [-0.15, -0.1) is 0 Å². The Hall–Kier alpha value is 3.08. The largest absolute Gasteiger partial charge is 2.00 e. The first-order chi connectivity index (χ1) is 2.00. The van der Waals surface area contributed by atoms with Crippen molar-refractivity contribution < 1.29 is 48.7 Å². The molecule has 0 saturated heterocycles. The molecule has 32 valence electrons. The fourth-order valence-corrected chi connectivity index (χ4v) is 0. The summed E-state index contributed by atoms with van der Waals surface area (Å²) in [5.41, 5.74) is 0. The van der Waals surface area contributed by atoms with Crippen LogP contribution in [0.4, 0.5) is 0 Å². The van der Waals surface area contributed by atoms with Crippen LogP contribution in [-0.4, -0.2) is 69.8 Å². The Morgan fingerprint density at radius 1 is 0.875 bits per heavy atom. The molecule has 0 aromatic carbocycles. The van der Waals surface area contributed by atoms with E-state index >= 15 is 0 Å². The Morgan fingerprint density at radius 2 is 0.875 bits per heavy atom. The zero-order chi connectivity index (χ0) is 4.50. The van der Waals surface area contributed by atoms with E-state index in [-0.39, 0.29) is 90.3 Å². The molecule has 0 heterocycles. The minimum atomic E-state index is -5.61. The maximum Gasteiger partial charge on any atom is 2.00 e. The summed E-state index contributed by atoms with van der Waals surface area (Å²) in [5, 5.41) is 0. The molecule has 0 aliphatic carbocycles. The smallest absolute Gasteiger partial charge is 0.894 e. The number of hydrogen-bond acceptors (Lipinski definition) is 4. The fourth-order valence-electron chi connectivity index (χ4n) is 0. The normalized spacial score (nSPS) is 7.50. The molecule has 4 nitrogen and oxygen atoms in total. The van der Waals surface area contributed by atoms with Gasteiger partial charge in [-0.3, -0.25) is 0 Å². The minimum Gasteiger partial charge on any atom is -0.894 e. The van der Waals surface area contributed by atoms with Crippen molar-refractivity contribution in [2.45, 2.75) is 0 Å². The van der Waals surface area contributed by atoms with Gasteiger partial charge in [0, 0.05) is 0 Å². The van der Waals surface area contributed by atoms with E-state index in [1.807, 2.05) is 0 Å². The first-order valence-electron chi connectivity index (χ1n) is 0.816. The van der Waals surface area contributed by atoms with Crippen molar-refractivity contribution in [3.63, 3.8) is 0 Å². The number of rotatable bonds is 0. The van der Waals surface area contributed by atoms with Crippen LogP contribution >= 0.6 is 0 Å². The van der Waals surface area contributed by atoms with Crippen LogP contribution in [-0.2, 0) is 0 Å². The van der Waals surface area contributed by atoms with E-state index in [4.69, 9.17) is 19.2 Å². The van der Waals surface area contributed by atoms with Crippen molar-refractivity contribution in [1.29, 1.82) is 0 Å². The Morgan fingerprint density at radius 3 is 0.875 bits per heavy atom. The zero-order valence-corrected chi connectivity index (χ0v) is 11.2. The van der Waals surface area contributed by atoms with Gasteiger partial charge in [-0.1, -0.05) is 0 Å². The quantitative estimate of drug-likeness (QED) is 0.345. The molecule has 8 heteroatoms. The summed E-state index contributed by atoms with van der Waals surface area (Å²) in [6.45, 7) is 0. The van der Waals surface area contributed by atoms with E-state index in [9.17, 15) is 0 Å². The second-order valence-corrected chi connectivity index (χ2v) is 1.50. The van der Waals surface area contributed by atoms with Crippen LogP contribution in [0.25, 0.3) is 0 Å². The molecule has 0 rings (SSSR count). The van der Waals surface area contributed by atoms with Gasteiger partial charge in [-0.05, 0) is 0 Å². The van der Waals surface area contributed by atoms with Crippen LogP contribution in [0.1, 0.15) is 0 Å². The average Bonchev–Trinajstić information content (AvgIpc) is 0.722. The molecular formula is CaMgNaO4Si+. The first kappa shape index (κ1) is 22.5. The molecule has 0 aliphatic heterocycles. The van der Waals surface area contributed by atoms with E-state index in [0.717, 1.165) is 0 Å². The molecule has 0 unspecified atom stereocenters. The molecule has 0 aromatic rings. The van der Waals surface area contributed by atoms with E-state index < -0.39 is 9.05 Å². The molecule has 0 aromatic heterocycles. The first-order valence-corrected chi connectivity index (χ1v) is 2.45. The summed E-state index contributed by atoms with van der Waals surface area (Å²) < 4.78 is 0. The summed E-state index contributed by atoms with van der Waals surface area (Å²) in [6, 6.07) is 0. The van der Waals surface area contributed by atoms with Crippen molar-refractivity contribution in [2.75, 3.05) is 0 Å². The maximum atomic E-state index is 8.58. The van der Waals surface area contributed by atoms with Gasteiger partial charge in [0.25, 0.3) is 0 Å². The molecule has 0 N–H and O–H groups in total. The van der Waals surface area contributed by atoms with Gasteiger partial charge >= 0.3 is 90.3 Å². The summed E-state index contributed by atoms with van der Waals surface area (Å²) in [7, 11) is -5.61. The second kappa shape index (κ2) is 10.1. The van der Waals surface area contributed by atoms with E-state index in [2.05, 4.69) is 0 Å². The summed E-state index contributed by atoms with van der Waals surface area (Å²) in [4.78, 5) is 34.3. The second-order valence-electron chi connectivity index (χ2n) is 0.500. The SMILES string of the molecule is [Ca+2].[Mg+2].[Na+].[O-][Si]([O-])([O-])[O-]. The van der Waals surface area contributed by atoms with Crippen LogP contribution in [0.15, 0.2) is 0 Å². The van der Waals surface area contributed by atoms with Gasteiger partial charge < -0.3 is 28.2 Å². The predicted octanol–water partition coefficient (Wildman–Crippen LogP) is -8.89. The van der Waals surface area contributed by atoms with E-state index in [1.165, 1.54) is 0 Å². The molecule has 0 bridgehead atoms. The van der Waals surface area contributed by atoms with Gasteiger partial charge in [0.1, 0.15) is 0 Å². The Kier molecular flexibility index (Phi) is 28.3. The van der Waals surface area contributed by atoms with Gasteiger partial charge in [0.2, 0.25) is 0 Å². The Labute approximate surface area is 116 Å². The fraction of sp³-hybridized carbons (Fsp3) is 0. The van der Waals surface area contributed by atoms with Crippen molar-refractivity contribution in [3.8, 4) is 0 Å². The van der Waals surface area contributed by atoms with Crippen molar-refractivity contribution in [1.82, 2.24) is 0 Å². The van der Waals surface area contributed by atoms with Crippen molar-refractivity contribution in [3.05, 3.63) is 0 Å². The number of hydrogen-bond donors (Lipinski definition) is 0. The van der Waals surface area contributed by atoms with E-state index in [0.29, 0.717) is 0 Å². The summed E-state index contributed by atoms with van der Waals surface area (Å²) in [6.07, 6.45) is 0. The maximum absolute atomic E-state index is 8.58. The van der Waals surface area contributed by atoms with Crippen LogP contribution in [0.3, 0.4) is 0 Å². The predicted molar refractivity (Wildman–Crippen MR) is 17.3 cm³/mol. The summed E-state index contributed by atoms with van der Waals surface area (Å²) >= 11 is 0. The van der Waals surface area contributed by atoms with Crippen LogP contribution < -0.4 is 48.7 Å². The molecule has 8 heavy (non-hydrogen) atoms. The molecule has 0 atom stereocenters. The Balaban J connectivity index is -0.0000000267. The van der Waals surface area contributed by atoms with Crippen LogP contribution in [0.5, 0.6) is 0 Å². The van der Waals surface area contributed by atoms with Crippen LogP contribution in [0.2, 0.25) is 0 Å². The Bertz CT molecular complexity index is 31.5.